The van der Waals surface area contributed by atoms with Crippen molar-refractivity contribution >= 4 is 23.0 Å². The van der Waals surface area contributed by atoms with Crippen molar-refractivity contribution < 1.29 is 19.0 Å². The molecule has 1 aliphatic heterocycles. The number of methoxy groups -OCH3 is 3. The van der Waals surface area contributed by atoms with Crippen LogP contribution in [0.25, 0.3) is 5.57 Å². The van der Waals surface area contributed by atoms with Crippen LogP contribution in [0.4, 0.5) is 0 Å². The number of carbonyl (C=O) groups is 1. The van der Waals surface area contributed by atoms with Crippen molar-refractivity contribution in [2.75, 3.05) is 41.0 Å². The quantitative estimate of drug-likeness (QED) is 0.583. The molecule has 0 aromatic heterocycles. The smallest absolute Gasteiger partial charge is 0.203 e. The average molecular weight is 416 g/mol. The highest BCUT2D eigenvalue weighted by Crippen LogP contribution is 2.38. The molecular formula is C23H26ClNO4. The summed E-state index contributed by atoms with van der Waals surface area (Å²) in [5.74, 6) is 1.52. The highest BCUT2D eigenvalue weighted by atomic mass is 35.5. The highest BCUT2D eigenvalue weighted by molar-refractivity contribution is 6.30. The second-order valence-corrected chi connectivity index (χ2v) is 7.31. The lowest BCUT2D eigenvalue weighted by molar-refractivity contribution is 0.0965. The topological polar surface area (TPSA) is 48.0 Å². The molecule has 0 N–H and O–H groups in total. The van der Waals surface area contributed by atoms with Gasteiger partial charge in [0, 0.05) is 36.6 Å². The Kier molecular flexibility index (Phi) is 7.18. The minimum atomic E-state index is 0.0525. The third-order valence-electron chi connectivity index (χ3n) is 5.15. The van der Waals surface area contributed by atoms with Gasteiger partial charge < -0.3 is 14.2 Å². The lowest BCUT2D eigenvalue weighted by Gasteiger charge is -2.26. The molecule has 0 saturated carbocycles. The Morgan fingerprint density at radius 1 is 1.03 bits per heavy atom. The van der Waals surface area contributed by atoms with E-state index in [-0.39, 0.29) is 5.78 Å². The fourth-order valence-electron chi connectivity index (χ4n) is 3.49. The van der Waals surface area contributed by atoms with Gasteiger partial charge in [-0.3, -0.25) is 9.69 Å². The molecule has 0 fully saturated rings. The van der Waals surface area contributed by atoms with Gasteiger partial charge in [0.2, 0.25) is 5.75 Å². The Balaban J connectivity index is 1.61. The number of benzene rings is 2. The van der Waals surface area contributed by atoms with Gasteiger partial charge in [0.25, 0.3) is 0 Å². The minimum absolute atomic E-state index is 0.0525. The van der Waals surface area contributed by atoms with E-state index < -0.39 is 0 Å². The first-order valence-corrected chi connectivity index (χ1v) is 9.94. The minimum Gasteiger partial charge on any atom is -0.493 e. The summed E-state index contributed by atoms with van der Waals surface area (Å²) >= 11 is 5.97. The Morgan fingerprint density at radius 3 is 2.21 bits per heavy atom. The number of halogens is 1. The lowest BCUT2D eigenvalue weighted by atomic mass is 9.99. The summed E-state index contributed by atoms with van der Waals surface area (Å²) < 4.78 is 16.0. The molecule has 2 aromatic rings. The van der Waals surface area contributed by atoms with Crippen LogP contribution in [0.2, 0.25) is 5.02 Å². The number of ether oxygens (including phenoxy) is 3. The fourth-order valence-corrected chi connectivity index (χ4v) is 3.61. The molecule has 0 bridgehead atoms. The molecular weight excluding hydrogens is 390 g/mol. The first kappa shape index (κ1) is 21.2. The summed E-state index contributed by atoms with van der Waals surface area (Å²) in [6, 6.07) is 11.4. The largest absolute Gasteiger partial charge is 0.493 e. The van der Waals surface area contributed by atoms with E-state index in [2.05, 4.69) is 23.1 Å². The van der Waals surface area contributed by atoms with Crippen LogP contribution in [-0.4, -0.2) is 51.6 Å². The summed E-state index contributed by atoms with van der Waals surface area (Å²) in [4.78, 5) is 15.0. The number of hydrogen-bond donors (Lipinski definition) is 0. The maximum atomic E-state index is 12.7. The Hall–Kier alpha value is -2.50. The molecule has 0 atom stereocenters. The Bertz CT molecular complexity index is 867. The SMILES string of the molecule is COc1cc(C(=O)CCN2CC=C(c3ccc(Cl)cc3)CC2)cc(OC)c1OC. The summed E-state index contributed by atoms with van der Waals surface area (Å²) in [6.07, 6.45) is 3.62. The lowest BCUT2D eigenvalue weighted by Crippen LogP contribution is -2.30. The molecule has 1 heterocycles. The van der Waals surface area contributed by atoms with E-state index in [1.807, 2.05) is 12.1 Å². The molecule has 29 heavy (non-hydrogen) atoms. The zero-order valence-electron chi connectivity index (χ0n) is 17.0. The van der Waals surface area contributed by atoms with Crippen LogP contribution in [0.5, 0.6) is 17.2 Å². The average Bonchev–Trinajstić information content (AvgIpc) is 2.77. The standard InChI is InChI=1S/C23H26ClNO4/c1-27-21-14-18(15-22(28-2)23(21)29-3)20(26)10-13-25-11-8-17(9-12-25)16-4-6-19(24)7-5-16/h4-8,14-15H,9-13H2,1-3H3. The van der Waals surface area contributed by atoms with E-state index in [4.69, 9.17) is 25.8 Å². The van der Waals surface area contributed by atoms with Gasteiger partial charge in [-0.15, -0.1) is 0 Å². The molecule has 0 radical (unpaired) electrons. The van der Waals surface area contributed by atoms with E-state index in [1.165, 1.54) is 11.1 Å². The van der Waals surface area contributed by atoms with Crippen molar-refractivity contribution in [2.24, 2.45) is 0 Å². The zero-order valence-corrected chi connectivity index (χ0v) is 17.8. The molecule has 0 amide bonds. The van der Waals surface area contributed by atoms with E-state index in [0.29, 0.717) is 35.8 Å². The van der Waals surface area contributed by atoms with Crippen molar-refractivity contribution in [3.8, 4) is 17.2 Å². The van der Waals surface area contributed by atoms with Crippen molar-refractivity contribution in [1.29, 1.82) is 0 Å². The molecule has 0 saturated heterocycles. The molecule has 2 aromatic carbocycles. The second-order valence-electron chi connectivity index (χ2n) is 6.87. The summed E-state index contributed by atoms with van der Waals surface area (Å²) in [5.41, 5.74) is 3.10. The highest BCUT2D eigenvalue weighted by Gasteiger charge is 2.19. The summed E-state index contributed by atoms with van der Waals surface area (Å²) in [6.45, 7) is 2.47. The van der Waals surface area contributed by atoms with E-state index in [9.17, 15) is 4.79 Å². The van der Waals surface area contributed by atoms with E-state index in [1.54, 1.807) is 33.5 Å². The first-order chi connectivity index (χ1) is 14.0. The van der Waals surface area contributed by atoms with Crippen LogP contribution in [0.3, 0.4) is 0 Å². The predicted octanol–water partition coefficient (Wildman–Crippen LogP) is 4.73. The molecule has 5 nitrogen and oxygen atoms in total. The number of hydrogen-bond acceptors (Lipinski definition) is 5. The van der Waals surface area contributed by atoms with Gasteiger partial charge in [0.1, 0.15) is 0 Å². The zero-order chi connectivity index (χ0) is 20.8. The van der Waals surface area contributed by atoms with Gasteiger partial charge in [0.05, 0.1) is 21.3 Å². The summed E-state index contributed by atoms with van der Waals surface area (Å²) in [7, 11) is 4.64. The summed E-state index contributed by atoms with van der Waals surface area (Å²) in [5, 5.41) is 0.747. The molecule has 0 unspecified atom stereocenters. The van der Waals surface area contributed by atoms with Crippen LogP contribution in [-0.2, 0) is 0 Å². The second kappa shape index (κ2) is 9.81. The fraction of sp³-hybridized carbons (Fsp3) is 0.348. The third-order valence-corrected chi connectivity index (χ3v) is 5.40. The number of carbonyl (C=O) groups excluding carboxylic acids is 1. The maximum Gasteiger partial charge on any atom is 0.203 e. The monoisotopic (exact) mass is 415 g/mol. The maximum absolute atomic E-state index is 12.7. The number of Topliss-reactive ketones (excluding diaryl/α,β-unsaturated/α-hetero) is 1. The predicted molar refractivity (Wildman–Crippen MR) is 116 cm³/mol. The molecule has 1 aliphatic rings. The van der Waals surface area contributed by atoms with Crippen LogP contribution >= 0.6 is 11.6 Å². The van der Waals surface area contributed by atoms with Crippen LogP contribution in [0, 0.1) is 0 Å². The molecule has 0 aliphatic carbocycles. The van der Waals surface area contributed by atoms with Crippen LogP contribution in [0.15, 0.2) is 42.5 Å². The van der Waals surface area contributed by atoms with Crippen molar-refractivity contribution in [3.63, 3.8) is 0 Å². The molecule has 0 spiro atoms. The van der Waals surface area contributed by atoms with Crippen LogP contribution < -0.4 is 14.2 Å². The number of nitrogens with zero attached hydrogens (tertiary/aromatic N) is 1. The van der Waals surface area contributed by atoms with Gasteiger partial charge in [-0.2, -0.15) is 0 Å². The number of ketones is 1. The van der Waals surface area contributed by atoms with Gasteiger partial charge >= 0.3 is 0 Å². The molecule has 6 heteroatoms. The Morgan fingerprint density at radius 2 is 1.69 bits per heavy atom. The normalized spacial score (nSPS) is 14.3. The van der Waals surface area contributed by atoms with Crippen LogP contribution in [0.1, 0.15) is 28.8 Å². The third kappa shape index (κ3) is 5.11. The molecule has 154 valence electrons. The van der Waals surface area contributed by atoms with Gasteiger partial charge in [0.15, 0.2) is 17.3 Å². The van der Waals surface area contributed by atoms with Crippen molar-refractivity contribution in [2.45, 2.75) is 12.8 Å². The van der Waals surface area contributed by atoms with E-state index in [0.717, 1.165) is 24.5 Å². The Labute approximate surface area is 176 Å². The van der Waals surface area contributed by atoms with Gasteiger partial charge in [-0.1, -0.05) is 29.8 Å². The van der Waals surface area contributed by atoms with E-state index >= 15 is 0 Å². The first-order valence-electron chi connectivity index (χ1n) is 9.56. The van der Waals surface area contributed by atoms with Gasteiger partial charge in [-0.25, -0.2) is 0 Å². The number of rotatable bonds is 8. The molecule has 3 rings (SSSR count). The van der Waals surface area contributed by atoms with Crippen molar-refractivity contribution in [3.05, 3.63) is 58.6 Å². The van der Waals surface area contributed by atoms with Crippen molar-refractivity contribution in [1.82, 2.24) is 4.90 Å². The van der Waals surface area contributed by atoms with Gasteiger partial charge in [-0.05, 0) is 41.8 Å².